The van der Waals surface area contributed by atoms with E-state index < -0.39 is 0 Å². The molecule has 14 heavy (non-hydrogen) atoms. The van der Waals surface area contributed by atoms with Gasteiger partial charge in [-0.15, -0.1) is 0 Å². The molecule has 2 aromatic rings. The largest absolute Gasteiger partial charge is 0.306 e. The summed E-state index contributed by atoms with van der Waals surface area (Å²) in [4.78, 5) is 21.9. The van der Waals surface area contributed by atoms with Crippen molar-refractivity contribution in [3.8, 4) is 0 Å². The zero-order chi connectivity index (χ0) is 10.1. The third-order valence-corrected chi connectivity index (χ3v) is 2.17. The number of hydrogen-bond donors (Lipinski definition) is 1. The summed E-state index contributed by atoms with van der Waals surface area (Å²) in [5, 5.41) is 0.919. The van der Waals surface area contributed by atoms with Gasteiger partial charge in [-0.05, 0) is 11.5 Å². The Bertz CT molecular complexity index is 516. The van der Waals surface area contributed by atoms with Crippen molar-refractivity contribution in [3.63, 3.8) is 0 Å². The molecule has 0 saturated carbocycles. The van der Waals surface area contributed by atoms with E-state index in [2.05, 4.69) is 15.0 Å². The number of fused-ring (bicyclic) bond motifs is 1. The van der Waals surface area contributed by atoms with Crippen LogP contribution in [0.15, 0.2) is 23.4 Å². The maximum absolute atomic E-state index is 11.3. The Balaban J connectivity index is 2.87. The fraction of sp³-hybridized carbons (Fsp3) is 0.300. The molecular formula is C10H11N3O. The quantitative estimate of drug-likeness (QED) is 0.738. The van der Waals surface area contributed by atoms with Crippen molar-refractivity contribution >= 4 is 11.0 Å². The minimum atomic E-state index is -0.111. The Hall–Kier alpha value is -1.71. The molecule has 4 nitrogen and oxygen atoms in total. The molecule has 2 rings (SSSR count). The first kappa shape index (κ1) is 8.87. The molecule has 0 aromatic carbocycles. The van der Waals surface area contributed by atoms with E-state index in [1.807, 2.05) is 13.8 Å². The van der Waals surface area contributed by atoms with E-state index in [0.717, 1.165) is 10.9 Å². The molecule has 0 fully saturated rings. The summed E-state index contributed by atoms with van der Waals surface area (Å²) in [5.41, 5.74) is 1.49. The molecule has 4 heteroatoms. The molecule has 2 aromatic heterocycles. The molecule has 0 radical (unpaired) electrons. The third kappa shape index (κ3) is 1.39. The first-order valence-electron chi connectivity index (χ1n) is 4.51. The van der Waals surface area contributed by atoms with Gasteiger partial charge in [0.15, 0.2) is 0 Å². The molecule has 0 bridgehead atoms. The summed E-state index contributed by atoms with van der Waals surface area (Å²) in [5.74, 6) is 0.297. The second-order valence-electron chi connectivity index (χ2n) is 3.53. The SMILES string of the molecule is CC(C)c1cc(=O)[nH]c2ncncc12. The number of hydrogen-bond acceptors (Lipinski definition) is 3. The molecule has 2 heterocycles. The average Bonchev–Trinajstić information content (AvgIpc) is 2.16. The number of aromatic amines is 1. The van der Waals surface area contributed by atoms with Crippen LogP contribution in [0.2, 0.25) is 0 Å². The Labute approximate surface area is 81.0 Å². The lowest BCUT2D eigenvalue weighted by Crippen LogP contribution is -2.08. The lowest BCUT2D eigenvalue weighted by Gasteiger charge is -2.07. The Kier molecular flexibility index (Phi) is 2.04. The third-order valence-electron chi connectivity index (χ3n) is 2.17. The molecule has 0 amide bonds. The molecule has 72 valence electrons. The number of rotatable bonds is 1. The van der Waals surface area contributed by atoms with Crippen molar-refractivity contribution in [3.05, 3.63) is 34.5 Å². The van der Waals surface area contributed by atoms with Crippen LogP contribution in [0.4, 0.5) is 0 Å². The fourth-order valence-electron chi connectivity index (χ4n) is 1.49. The van der Waals surface area contributed by atoms with E-state index >= 15 is 0 Å². The van der Waals surface area contributed by atoms with E-state index in [1.54, 1.807) is 12.3 Å². The predicted molar refractivity (Wildman–Crippen MR) is 54.2 cm³/mol. The van der Waals surface area contributed by atoms with Crippen LogP contribution in [-0.4, -0.2) is 15.0 Å². The minimum absolute atomic E-state index is 0.111. The van der Waals surface area contributed by atoms with Gasteiger partial charge in [-0.1, -0.05) is 13.8 Å². The van der Waals surface area contributed by atoms with Crippen molar-refractivity contribution in [2.45, 2.75) is 19.8 Å². The molecule has 0 aliphatic carbocycles. The molecule has 0 spiro atoms. The van der Waals surface area contributed by atoms with E-state index in [0.29, 0.717) is 11.6 Å². The fourth-order valence-corrected chi connectivity index (χ4v) is 1.49. The molecule has 0 saturated heterocycles. The second kappa shape index (κ2) is 3.21. The van der Waals surface area contributed by atoms with Crippen molar-refractivity contribution in [1.82, 2.24) is 15.0 Å². The Morgan fingerprint density at radius 1 is 1.43 bits per heavy atom. The zero-order valence-electron chi connectivity index (χ0n) is 8.11. The summed E-state index contributed by atoms with van der Waals surface area (Å²) in [6.45, 7) is 4.09. The van der Waals surface area contributed by atoms with Gasteiger partial charge < -0.3 is 4.98 Å². The van der Waals surface area contributed by atoms with Gasteiger partial charge in [-0.25, -0.2) is 9.97 Å². The van der Waals surface area contributed by atoms with Gasteiger partial charge in [0.2, 0.25) is 5.56 Å². The van der Waals surface area contributed by atoms with Gasteiger partial charge in [-0.2, -0.15) is 0 Å². The average molecular weight is 189 g/mol. The number of nitrogens with one attached hydrogen (secondary N) is 1. The van der Waals surface area contributed by atoms with Crippen molar-refractivity contribution in [2.75, 3.05) is 0 Å². The number of H-pyrrole nitrogens is 1. The van der Waals surface area contributed by atoms with Gasteiger partial charge in [-0.3, -0.25) is 4.79 Å². The highest BCUT2D eigenvalue weighted by atomic mass is 16.1. The summed E-state index contributed by atoms with van der Waals surface area (Å²) in [6, 6.07) is 1.61. The van der Waals surface area contributed by atoms with Crippen molar-refractivity contribution in [1.29, 1.82) is 0 Å². The summed E-state index contributed by atoms with van der Waals surface area (Å²) >= 11 is 0. The maximum Gasteiger partial charge on any atom is 0.249 e. The summed E-state index contributed by atoms with van der Waals surface area (Å²) in [7, 11) is 0. The first-order valence-corrected chi connectivity index (χ1v) is 4.51. The molecule has 1 N–H and O–H groups in total. The van der Waals surface area contributed by atoms with Crippen LogP contribution in [0.25, 0.3) is 11.0 Å². The van der Waals surface area contributed by atoms with Crippen LogP contribution in [0.1, 0.15) is 25.3 Å². The lowest BCUT2D eigenvalue weighted by atomic mass is 10.0. The topological polar surface area (TPSA) is 58.6 Å². The zero-order valence-corrected chi connectivity index (χ0v) is 8.11. The standard InChI is InChI=1S/C10H11N3O/c1-6(2)7-3-9(14)13-10-8(7)4-11-5-12-10/h3-6H,1-2H3,(H,11,12,13,14). The molecule has 0 aliphatic heterocycles. The van der Waals surface area contributed by atoms with Crippen LogP contribution in [0.3, 0.4) is 0 Å². The Morgan fingerprint density at radius 3 is 2.93 bits per heavy atom. The van der Waals surface area contributed by atoms with Crippen LogP contribution in [0, 0.1) is 0 Å². The van der Waals surface area contributed by atoms with Gasteiger partial charge in [0, 0.05) is 17.6 Å². The monoisotopic (exact) mass is 189 g/mol. The van der Waals surface area contributed by atoms with Crippen molar-refractivity contribution in [2.24, 2.45) is 0 Å². The molecule has 0 unspecified atom stereocenters. The smallest absolute Gasteiger partial charge is 0.249 e. The highest BCUT2D eigenvalue weighted by molar-refractivity contribution is 5.77. The van der Waals surface area contributed by atoms with E-state index in [-0.39, 0.29) is 5.56 Å². The second-order valence-corrected chi connectivity index (χ2v) is 3.53. The lowest BCUT2D eigenvalue weighted by molar-refractivity contribution is 0.869. The molecule has 0 aliphatic rings. The van der Waals surface area contributed by atoms with Gasteiger partial charge >= 0.3 is 0 Å². The van der Waals surface area contributed by atoms with Gasteiger partial charge in [0.25, 0.3) is 0 Å². The predicted octanol–water partition coefficient (Wildman–Crippen LogP) is 1.44. The summed E-state index contributed by atoms with van der Waals surface area (Å²) < 4.78 is 0. The molecular weight excluding hydrogens is 178 g/mol. The number of pyridine rings is 1. The number of nitrogens with zero attached hydrogens (tertiary/aromatic N) is 2. The normalized spacial score (nSPS) is 11.1. The highest BCUT2D eigenvalue weighted by Gasteiger charge is 2.07. The first-order chi connectivity index (χ1) is 6.68. The van der Waals surface area contributed by atoms with Crippen molar-refractivity contribution < 1.29 is 0 Å². The summed E-state index contributed by atoms with van der Waals surface area (Å²) in [6.07, 6.45) is 3.16. The van der Waals surface area contributed by atoms with Crippen LogP contribution in [0.5, 0.6) is 0 Å². The Morgan fingerprint density at radius 2 is 2.21 bits per heavy atom. The number of aromatic nitrogens is 3. The van der Waals surface area contributed by atoms with E-state index in [4.69, 9.17) is 0 Å². The van der Waals surface area contributed by atoms with Gasteiger partial charge in [0.05, 0.1) is 0 Å². The van der Waals surface area contributed by atoms with E-state index in [1.165, 1.54) is 6.33 Å². The molecule has 0 atom stereocenters. The van der Waals surface area contributed by atoms with Crippen LogP contribution >= 0.6 is 0 Å². The van der Waals surface area contributed by atoms with E-state index in [9.17, 15) is 4.79 Å². The van der Waals surface area contributed by atoms with Gasteiger partial charge in [0.1, 0.15) is 12.0 Å². The van der Waals surface area contributed by atoms with Crippen LogP contribution in [-0.2, 0) is 0 Å². The van der Waals surface area contributed by atoms with Crippen LogP contribution < -0.4 is 5.56 Å². The highest BCUT2D eigenvalue weighted by Crippen LogP contribution is 2.19. The maximum atomic E-state index is 11.3. The minimum Gasteiger partial charge on any atom is -0.306 e.